The van der Waals surface area contributed by atoms with Gasteiger partial charge in [-0.2, -0.15) is 0 Å². The van der Waals surface area contributed by atoms with Gasteiger partial charge >= 0.3 is 5.97 Å². The van der Waals surface area contributed by atoms with E-state index in [1.165, 1.54) is 4.90 Å². The molecule has 9 atom stereocenters. The van der Waals surface area contributed by atoms with Crippen LogP contribution in [0.25, 0.3) is 0 Å². The number of hydrogen-bond acceptors (Lipinski definition) is 7. The van der Waals surface area contributed by atoms with Gasteiger partial charge in [-0.3, -0.25) is 19.2 Å². The molecule has 1 aliphatic carbocycles. The van der Waals surface area contributed by atoms with Crippen molar-refractivity contribution in [1.82, 2.24) is 14.7 Å². The number of fused-ring (bicyclic) bond motifs is 1. The highest BCUT2D eigenvalue weighted by molar-refractivity contribution is 9.09. The molecule has 3 saturated heterocycles. The Morgan fingerprint density at radius 1 is 1.15 bits per heavy atom. The maximum atomic E-state index is 14.7. The Balaban J connectivity index is 1.49. The molecule has 48 heavy (non-hydrogen) atoms. The summed E-state index contributed by atoms with van der Waals surface area (Å²) in [7, 11) is 1.69. The van der Waals surface area contributed by atoms with Crippen molar-refractivity contribution in [3.63, 3.8) is 0 Å². The highest BCUT2D eigenvalue weighted by Crippen LogP contribution is 2.61. The summed E-state index contributed by atoms with van der Waals surface area (Å²) in [6, 6.07) is 7.05. The number of amides is 3. The fourth-order valence-corrected chi connectivity index (χ4v) is 9.35. The van der Waals surface area contributed by atoms with Crippen LogP contribution in [0.3, 0.4) is 0 Å². The van der Waals surface area contributed by atoms with Crippen LogP contribution in [-0.2, 0) is 28.7 Å². The van der Waals surface area contributed by atoms with Crippen LogP contribution in [0, 0.1) is 11.8 Å². The van der Waals surface area contributed by atoms with E-state index in [2.05, 4.69) is 29.1 Å². The normalized spacial score (nSPS) is 29.9. The first-order valence-corrected chi connectivity index (χ1v) is 18.2. The lowest BCUT2D eigenvalue weighted by Crippen LogP contribution is -2.60. The molecular formula is C37H50BrN3O7. The lowest BCUT2D eigenvalue weighted by molar-refractivity contribution is -0.165. The van der Waals surface area contributed by atoms with Gasteiger partial charge in [0.2, 0.25) is 17.7 Å². The zero-order valence-electron chi connectivity index (χ0n) is 28.3. The van der Waals surface area contributed by atoms with Crippen LogP contribution in [0.15, 0.2) is 55.6 Å². The van der Waals surface area contributed by atoms with Crippen LogP contribution in [0.4, 0.5) is 0 Å². The number of aliphatic hydroxyl groups excluding tert-OH is 1. The second-order valence-corrected chi connectivity index (χ2v) is 15.0. The number of carbonyl (C=O) groups excluding carboxylic acids is 4. The standard InChI is InChI=1S/C37H50BrN3O7/c1-6-8-19-28(43)39(5)24(4)31(25-15-11-9-12-16-25)47-36(46)29-30-34(44)41(23(3)22-42)33(37(30)21-27(38)32(29)48-37)35(45)40(20-7-2)26-17-13-10-14-18-26/h6-7,9,11-12,15-16,23-24,26-27,29-33,42H,1-2,8,10,13-14,17-22H2,3-5H3/t23-,24+,27?,29+,30-,31-,32+,33+,37-/m1/s1. The molecule has 1 aromatic carbocycles. The minimum atomic E-state index is -1.28. The van der Waals surface area contributed by atoms with E-state index in [0.29, 0.717) is 24.9 Å². The lowest BCUT2D eigenvalue weighted by Gasteiger charge is -2.42. The molecule has 1 saturated carbocycles. The molecule has 5 rings (SSSR count). The van der Waals surface area contributed by atoms with E-state index >= 15 is 0 Å². The largest absolute Gasteiger partial charge is 0.455 e. The third-order valence-corrected chi connectivity index (χ3v) is 11.8. The van der Waals surface area contributed by atoms with E-state index in [-0.39, 0.29) is 41.6 Å². The quantitative estimate of drug-likeness (QED) is 0.170. The fourth-order valence-electron chi connectivity index (χ4n) is 8.41. The first-order chi connectivity index (χ1) is 23.0. The molecule has 3 aliphatic heterocycles. The van der Waals surface area contributed by atoms with Crippen molar-refractivity contribution in [2.24, 2.45) is 11.8 Å². The molecule has 0 aromatic heterocycles. The molecule has 4 fully saturated rings. The van der Waals surface area contributed by atoms with Crippen molar-refractivity contribution in [2.75, 3.05) is 20.2 Å². The van der Waals surface area contributed by atoms with Gasteiger partial charge in [0, 0.05) is 30.9 Å². The van der Waals surface area contributed by atoms with Crippen molar-refractivity contribution in [3.05, 3.63) is 61.2 Å². The van der Waals surface area contributed by atoms with Gasteiger partial charge in [-0.05, 0) is 45.1 Å². The van der Waals surface area contributed by atoms with Crippen molar-refractivity contribution in [1.29, 1.82) is 0 Å². The lowest BCUT2D eigenvalue weighted by atomic mass is 9.70. The number of benzene rings is 1. The van der Waals surface area contributed by atoms with Gasteiger partial charge in [0.25, 0.3) is 0 Å². The van der Waals surface area contributed by atoms with Crippen LogP contribution < -0.4 is 0 Å². The predicted octanol–water partition coefficient (Wildman–Crippen LogP) is 4.56. The van der Waals surface area contributed by atoms with Crippen LogP contribution in [-0.4, -0.2) is 104 Å². The number of alkyl halides is 1. The monoisotopic (exact) mass is 727 g/mol. The van der Waals surface area contributed by atoms with Crippen LogP contribution in [0.2, 0.25) is 0 Å². The van der Waals surface area contributed by atoms with Gasteiger partial charge in [-0.15, -0.1) is 13.2 Å². The summed E-state index contributed by atoms with van der Waals surface area (Å²) < 4.78 is 13.0. The molecule has 262 valence electrons. The number of allylic oxidation sites excluding steroid dienone is 1. The Bertz CT molecular complexity index is 1370. The number of ether oxygens (including phenoxy) is 2. The Morgan fingerprint density at radius 2 is 1.83 bits per heavy atom. The number of carbonyl (C=O) groups is 4. The summed E-state index contributed by atoms with van der Waals surface area (Å²) in [5, 5.41) is 10.3. The number of halogens is 1. The maximum absolute atomic E-state index is 14.7. The SMILES string of the molecule is C=CCCC(=O)N(C)[C@@H](C)[C@@H](OC(=O)[C@@H]1[C@H]2O[C@@]3(CC2Br)[C@H](C(=O)N(CC=C)C2CCCCC2)N([C@H](C)CO)C(=O)[C@@H]13)c1ccccc1. The molecule has 1 spiro atoms. The van der Waals surface area contributed by atoms with E-state index in [1.807, 2.05) is 42.2 Å². The summed E-state index contributed by atoms with van der Waals surface area (Å²) in [5.41, 5.74) is -0.566. The molecule has 1 unspecified atom stereocenters. The van der Waals surface area contributed by atoms with Crippen LogP contribution in [0.5, 0.6) is 0 Å². The molecule has 1 aromatic rings. The number of likely N-dealkylation sites (N-methyl/N-ethyl adjacent to an activating group) is 1. The number of hydrogen-bond donors (Lipinski definition) is 1. The van der Waals surface area contributed by atoms with Gasteiger partial charge in [0.05, 0.1) is 36.6 Å². The number of rotatable bonds is 14. The van der Waals surface area contributed by atoms with E-state index in [4.69, 9.17) is 9.47 Å². The summed E-state index contributed by atoms with van der Waals surface area (Å²) in [5.74, 6) is -3.31. The summed E-state index contributed by atoms with van der Waals surface area (Å²) in [6.45, 7) is 11.2. The highest BCUT2D eigenvalue weighted by atomic mass is 79.9. The summed E-state index contributed by atoms with van der Waals surface area (Å²) in [6.07, 6.45) is 7.94. The molecule has 0 radical (unpaired) electrons. The number of aliphatic hydroxyl groups is 1. The summed E-state index contributed by atoms with van der Waals surface area (Å²) in [4.78, 5) is 61.3. The van der Waals surface area contributed by atoms with Gasteiger partial charge in [-0.1, -0.05) is 77.7 Å². The minimum absolute atomic E-state index is 0.0134. The zero-order valence-corrected chi connectivity index (χ0v) is 29.9. The molecule has 10 nitrogen and oxygen atoms in total. The van der Waals surface area contributed by atoms with Crippen molar-refractivity contribution in [2.45, 2.75) is 112 Å². The number of likely N-dealkylation sites (tertiary alicyclic amines) is 1. The third-order valence-electron chi connectivity index (χ3n) is 11.0. The zero-order chi connectivity index (χ0) is 34.7. The van der Waals surface area contributed by atoms with Crippen LogP contribution >= 0.6 is 15.9 Å². The molecule has 2 bridgehead atoms. The Hall–Kier alpha value is -3.02. The van der Waals surface area contributed by atoms with Crippen molar-refractivity contribution < 1.29 is 33.8 Å². The highest BCUT2D eigenvalue weighted by Gasteiger charge is 2.77. The van der Waals surface area contributed by atoms with Gasteiger partial charge in [-0.25, -0.2) is 0 Å². The van der Waals surface area contributed by atoms with Crippen LogP contribution in [0.1, 0.15) is 76.9 Å². The van der Waals surface area contributed by atoms with E-state index in [9.17, 15) is 24.3 Å². The fraction of sp³-hybridized carbons (Fsp3) is 0.622. The average Bonchev–Trinajstić information content (AvgIpc) is 3.70. The predicted molar refractivity (Wildman–Crippen MR) is 185 cm³/mol. The van der Waals surface area contributed by atoms with E-state index < -0.39 is 53.7 Å². The Labute approximate surface area is 292 Å². The molecule has 3 amide bonds. The van der Waals surface area contributed by atoms with Crippen molar-refractivity contribution >= 4 is 39.6 Å². The third kappa shape index (κ3) is 6.50. The molecular weight excluding hydrogens is 678 g/mol. The Kier molecular flexibility index (Phi) is 11.5. The maximum Gasteiger partial charge on any atom is 0.313 e. The van der Waals surface area contributed by atoms with E-state index in [1.54, 1.807) is 31.0 Å². The molecule has 1 N–H and O–H groups in total. The molecule has 11 heteroatoms. The molecule has 3 heterocycles. The first-order valence-electron chi connectivity index (χ1n) is 17.3. The Morgan fingerprint density at radius 3 is 2.46 bits per heavy atom. The number of esters is 1. The van der Waals surface area contributed by atoms with Gasteiger partial charge in [0.15, 0.2) is 0 Å². The smallest absolute Gasteiger partial charge is 0.313 e. The average molecular weight is 729 g/mol. The van der Waals surface area contributed by atoms with E-state index in [0.717, 1.165) is 32.1 Å². The van der Waals surface area contributed by atoms with Crippen molar-refractivity contribution in [3.8, 4) is 0 Å². The molecule has 4 aliphatic rings. The topological polar surface area (TPSA) is 117 Å². The minimum Gasteiger partial charge on any atom is -0.455 e. The van der Waals surface area contributed by atoms with Gasteiger partial charge < -0.3 is 29.3 Å². The second kappa shape index (κ2) is 15.3. The van der Waals surface area contributed by atoms with Gasteiger partial charge in [0.1, 0.15) is 17.7 Å². The first kappa shape index (κ1) is 36.3. The second-order valence-electron chi connectivity index (χ2n) is 13.9. The summed E-state index contributed by atoms with van der Waals surface area (Å²) >= 11 is 3.74. The number of nitrogens with zero attached hydrogens (tertiary/aromatic N) is 3.